The third-order valence-corrected chi connectivity index (χ3v) is 12.3. The largest absolute Gasteiger partial charge is 0.460 e. The quantitative estimate of drug-likeness (QED) is 0.389. The van der Waals surface area contributed by atoms with Crippen LogP contribution in [0.1, 0.15) is 120 Å². The van der Waals surface area contributed by atoms with Gasteiger partial charge >= 0.3 is 11.9 Å². The van der Waals surface area contributed by atoms with E-state index in [1.165, 1.54) is 20.3 Å². The van der Waals surface area contributed by atoms with Crippen molar-refractivity contribution in [2.75, 3.05) is 0 Å². The topological polar surface area (TPSA) is 89.9 Å². The van der Waals surface area contributed by atoms with Gasteiger partial charge in [0.1, 0.15) is 23.1 Å². The number of carbonyl (C=O) groups excluding carboxylic acids is 3. The molecule has 0 aromatic heterocycles. The van der Waals surface area contributed by atoms with Crippen molar-refractivity contribution in [2.24, 2.45) is 46.3 Å². The highest BCUT2D eigenvalue weighted by Crippen LogP contribution is 2.68. The predicted octanol–water partition coefficient (Wildman–Crippen LogP) is 6.27. The molecule has 0 spiro atoms. The number of ketones is 1. The molecule has 4 aliphatic carbocycles. The molecule has 6 nitrogen and oxygen atoms in total. The molecule has 4 fully saturated rings. The molecular formula is C32H52O6. The van der Waals surface area contributed by atoms with E-state index in [1.54, 1.807) is 0 Å². The molecule has 10 atom stereocenters. The van der Waals surface area contributed by atoms with Crippen molar-refractivity contribution in [3.63, 3.8) is 0 Å². The van der Waals surface area contributed by atoms with E-state index in [2.05, 4.69) is 13.8 Å². The van der Waals surface area contributed by atoms with Gasteiger partial charge in [-0.1, -0.05) is 20.8 Å². The zero-order valence-corrected chi connectivity index (χ0v) is 25.1. The van der Waals surface area contributed by atoms with Crippen molar-refractivity contribution in [3.05, 3.63) is 0 Å². The lowest BCUT2D eigenvalue weighted by molar-refractivity contribution is -0.192. The number of hydrogen-bond acceptors (Lipinski definition) is 6. The van der Waals surface area contributed by atoms with Crippen LogP contribution in [0.15, 0.2) is 0 Å². The second kappa shape index (κ2) is 10.2. The van der Waals surface area contributed by atoms with Crippen LogP contribution >= 0.6 is 0 Å². The van der Waals surface area contributed by atoms with E-state index in [-0.39, 0.29) is 28.6 Å². The normalized spacial score (nSPS) is 40.1. The van der Waals surface area contributed by atoms with Gasteiger partial charge in [0.25, 0.3) is 0 Å². The number of Topliss-reactive ketones (excluding diaryl/α,β-unsaturated/α-hetero) is 1. The van der Waals surface area contributed by atoms with Crippen molar-refractivity contribution in [1.29, 1.82) is 0 Å². The van der Waals surface area contributed by atoms with E-state index in [9.17, 15) is 19.5 Å². The van der Waals surface area contributed by atoms with Crippen LogP contribution in [0, 0.1) is 46.3 Å². The summed E-state index contributed by atoms with van der Waals surface area (Å²) in [5, 5.41) is 12.3. The van der Waals surface area contributed by atoms with Crippen molar-refractivity contribution in [1.82, 2.24) is 0 Å². The van der Waals surface area contributed by atoms with Gasteiger partial charge in [-0.2, -0.15) is 0 Å². The number of aliphatic hydroxyl groups is 1. The Hall–Kier alpha value is -1.43. The van der Waals surface area contributed by atoms with Crippen LogP contribution in [0.25, 0.3) is 0 Å². The first-order valence-corrected chi connectivity index (χ1v) is 15.1. The van der Waals surface area contributed by atoms with Crippen molar-refractivity contribution in [3.8, 4) is 0 Å². The fourth-order valence-corrected chi connectivity index (χ4v) is 9.91. The van der Waals surface area contributed by atoms with Crippen molar-refractivity contribution < 1.29 is 29.0 Å². The average Bonchev–Trinajstić information content (AvgIpc) is 3.16. The summed E-state index contributed by atoms with van der Waals surface area (Å²) in [5.74, 6) is 1.99. The summed E-state index contributed by atoms with van der Waals surface area (Å²) in [4.78, 5) is 36.2. The van der Waals surface area contributed by atoms with Crippen LogP contribution in [0.2, 0.25) is 0 Å². The summed E-state index contributed by atoms with van der Waals surface area (Å²) >= 11 is 0. The molecule has 0 amide bonds. The highest BCUT2D eigenvalue weighted by Gasteiger charge is 2.63. The monoisotopic (exact) mass is 532 g/mol. The Morgan fingerprint density at radius 1 is 0.974 bits per heavy atom. The average molecular weight is 533 g/mol. The predicted molar refractivity (Wildman–Crippen MR) is 146 cm³/mol. The Balaban J connectivity index is 1.57. The van der Waals surface area contributed by atoms with Gasteiger partial charge in [0.15, 0.2) is 0 Å². The fourth-order valence-electron chi connectivity index (χ4n) is 9.91. The number of carbonyl (C=O) groups is 3. The summed E-state index contributed by atoms with van der Waals surface area (Å²) in [6.07, 6.45) is 8.86. The number of hydrogen-bond donors (Lipinski definition) is 1. The van der Waals surface area contributed by atoms with Gasteiger partial charge in [-0.05, 0) is 118 Å². The van der Waals surface area contributed by atoms with E-state index >= 15 is 0 Å². The molecule has 1 unspecified atom stereocenters. The summed E-state index contributed by atoms with van der Waals surface area (Å²) in [5.41, 5.74) is -1.70. The lowest BCUT2D eigenvalue weighted by Gasteiger charge is -2.61. The second-order valence-corrected chi connectivity index (χ2v) is 14.7. The van der Waals surface area contributed by atoms with Crippen LogP contribution in [-0.2, 0) is 23.9 Å². The molecule has 0 aliphatic heterocycles. The molecule has 0 saturated heterocycles. The Bertz CT molecular complexity index is 938. The van der Waals surface area contributed by atoms with E-state index in [0.717, 1.165) is 51.4 Å². The molecule has 0 bridgehead atoms. The molecule has 216 valence electrons. The smallest absolute Gasteiger partial charge is 0.303 e. The van der Waals surface area contributed by atoms with Gasteiger partial charge in [-0.3, -0.25) is 14.4 Å². The number of fused-ring (bicyclic) bond motifs is 5. The van der Waals surface area contributed by atoms with Crippen LogP contribution < -0.4 is 0 Å². The molecular weight excluding hydrogens is 480 g/mol. The third-order valence-electron chi connectivity index (χ3n) is 12.3. The second-order valence-electron chi connectivity index (χ2n) is 14.7. The van der Waals surface area contributed by atoms with Gasteiger partial charge in [0.2, 0.25) is 0 Å². The maximum absolute atomic E-state index is 12.3. The van der Waals surface area contributed by atoms with Gasteiger partial charge in [0, 0.05) is 26.7 Å². The van der Waals surface area contributed by atoms with Gasteiger partial charge < -0.3 is 14.6 Å². The maximum atomic E-state index is 12.3. The molecule has 1 N–H and O–H groups in total. The Kier molecular flexibility index (Phi) is 7.93. The number of rotatable bonds is 7. The zero-order chi connectivity index (χ0) is 28.3. The van der Waals surface area contributed by atoms with Crippen LogP contribution in [0.3, 0.4) is 0 Å². The van der Waals surface area contributed by atoms with Gasteiger partial charge in [-0.15, -0.1) is 0 Å². The number of esters is 2. The van der Waals surface area contributed by atoms with E-state index in [0.29, 0.717) is 35.9 Å². The highest BCUT2D eigenvalue weighted by atomic mass is 16.6. The zero-order valence-electron chi connectivity index (χ0n) is 25.1. The van der Waals surface area contributed by atoms with Gasteiger partial charge in [0.05, 0.1) is 0 Å². The molecule has 0 aromatic rings. The minimum absolute atomic E-state index is 0.0211. The van der Waals surface area contributed by atoms with E-state index < -0.39 is 23.3 Å². The SMILES string of the molecule is CC(=O)OC(C[C@H](C)C(C)(C)OC(C)=O)[C@](C)(O)[C@H]1CC[C@H]2[C@@H]3CC[C@H]4CC(=O)CC[C@]4(C)[C@H]3CC[C@@]21C. The maximum Gasteiger partial charge on any atom is 0.303 e. The molecule has 0 aromatic carbocycles. The molecule has 0 radical (unpaired) electrons. The standard InChI is InChI=1S/C32H52O6/c1-19(29(4,5)38-21(3)34)17-28(37-20(2)33)32(8,36)27-12-11-25-24-10-9-22-18-23(35)13-15-30(22,6)26(24)14-16-31(25,27)7/h19,22,24-28,36H,9-18H2,1-8H3/t19-,22-,24-,25-,26-,27-,28?,30-,31-,32+/m0/s1. The summed E-state index contributed by atoms with van der Waals surface area (Å²) in [7, 11) is 0. The summed E-state index contributed by atoms with van der Waals surface area (Å²) < 4.78 is 11.5. The fraction of sp³-hybridized carbons (Fsp3) is 0.906. The minimum atomic E-state index is -1.19. The Morgan fingerprint density at radius 3 is 2.26 bits per heavy atom. The van der Waals surface area contributed by atoms with Crippen LogP contribution in [0.5, 0.6) is 0 Å². The first-order chi connectivity index (χ1) is 17.5. The Labute approximate surface area is 230 Å². The van der Waals surface area contributed by atoms with E-state index in [1.807, 2.05) is 27.7 Å². The van der Waals surface area contributed by atoms with Crippen LogP contribution in [0.4, 0.5) is 0 Å². The molecule has 0 heterocycles. The van der Waals surface area contributed by atoms with E-state index in [4.69, 9.17) is 9.47 Å². The first kappa shape index (κ1) is 29.6. The molecule has 4 aliphatic rings. The molecule has 6 heteroatoms. The molecule has 4 rings (SSSR count). The first-order valence-electron chi connectivity index (χ1n) is 15.1. The minimum Gasteiger partial charge on any atom is -0.460 e. The Morgan fingerprint density at radius 2 is 1.63 bits per heavy atom. The molecule has 38 heavy (non-hydrogen) atoms. The number of ether oxygens (including phenoxy) is 2. The van der Waals surface area contributed by atoms with Crippen molar-refractivity contribution in [2.45, 2.75) is 137 Å². The lowest BCUT2D eigenvalue weighted by atomic mass is 9.44. The third kappa shape index (κ3) is 5.08. The van der Waals surface area contributed by atoms with Crippen LogP contribution in [-0.4, -0.2) is 40.1 Å². The summed E-state index contributed by atoms with van der Waals surface area (Å²) in [6.45, 7) is 15.3. The molecule has 4 saturated carbocycles. The van der Waals surface area contributed by atoms with Crippen molar-refractivity contribution >= 4 is 17.7 Å². The summed E-state index contributed by atoms with van der Waals surface area (Å²) in [6, 6.07) is 0. The van der Waals surface area contributed by atoms with Gasteiger partial charge in [-0.25, -0.2) is 0 Å². The lowest BCUT2D eigenvalue weighted by Crippen LogP contribution is -2.58. The highest BCUT2D eigenvalue weighted by molar-refractivity contribution is 5.79.